The number of nitrogens with zero attached hydrogens (tertiary/aromatic N) is 3. The molecule has 1 aromatic rings. The Morgan fingerprint density at radius 2 is 1.84 bits per heavy atom. The smallest absolute Gasteiger partial charge is 0.339 e. The maximum Gasteiger partial charge on any atom is 0.339 e. The van der Waals surface area contributed by atoms with Crippen LogP contribution in [0.4, 0.5) is 11.5 Å². The van der Waals surface area contributed by atoms with E-state index in [1.54, 1.807) is 0 Å². The zero-order valence-corrected chi connectivity index (χ0v) is 14.7. The molecule has 2 saturated heterocycles. The number of aromatic nitrogens is 1. The van der Waals surface area contributed by atoms with Gasteiger partial charge in [0.15, 0.2) is 0 Å². The van der Waals surface area contributed by atoms with Crippen LogP contribution in [0, 0.1) is 0 Å². The van der Waals surface area contributed by atoms with Gasteiger partial charge in [0.25, 0.3) is 0 Å². The van der Waals surface area contributed by atoms with Gasteiger partial charge in [-0.2, -0.15) is 0 Å². The predicted molar refractivity (Wildman–Crippen MR) is 96.2 cm³/mol. The highest BCUT2D eigenvalue weighted by Gasteiger charge is 2.28. The van der Waals surface area contributed by atoms with E-state index in [2.05, 4.69) is 20.1 Å². The van der Waals surface area contributed by atoms with E-state index in [-0.39, 0.29) is 11.5 Å². The summed E-state index contributed by atoms with van der Waals surface area (Å²) in [7, 11) is 0. The molecule has 2 N–H and O–H groups in total. The van der Waals surface area contributed by atoms with Crippen molar-refractivity contribution < 1.29 is 14.7 Å². The summed E-state index contributed by atoms with van der Waals surface area (Å²) in [5.74, 6) is -0.764. The van der Waals surface area contributed by atoms with E-state index in [1.807, 2.05) is 0 Å². The lowest BCUT2D eigenvalue weighted by Gasteiger charge is -2.40. The molecule has 7 heteroatoms. The van der Waals surface area contributed by atoms with Crippen LogP contribution in [0.15, 0.2) is 12.3 Å². The summed E-state index contributed by atoms with van der Waals surface area (Å²) >= 11 is 0. The minimum absolute atomic E-state index is 0.141. The highest BCUT2D eigenvalue weighted by molar-refractivity contribution is 5.96. The summed E-state index contributed by atoms with van der Waals surface area (Å²) in [6, 6.07) is 2.09. The number of aromatic carboxylic acids is 1. The highest BCUT2D eigenvalue weighted by atomic mass is 16.4. The van der Waals surface area contributed by atoms with Crippen molar-refractivity contribution in [3.8, 4) is 0 Å². The summed E-state index contributed by atoms with van der Waals surface area (Å²) in [6.07, 6.45) is 7.51. The molecule has 0 bridgehead atoms. The van der Waals surface area contributed by atoms with Crippen LogP contribution in [-0.2, 0) is 4.79 Å². The van der Waals surface area contributed by atoms with Crippen molar-refractivity contribution in [1.82, 2.24) is 9.88 Å². The van der Waals surface area contributed by atoms with Gasteiger partial charge in [-0.15, -0.1) is 0 Å². The van der Waals surface area contributed by atoms with E-state index in [0.29, 0.717) is 17.5 Å². The van der Waals surface area contributed by atoms with Crippen molar-refractivity contribution in [3.63, 3.8) is 0 Å². The van der Waals surface area contributed by atoms with Gasteiger partial charge in [-0.1, -0.05) is 6.42 Å². The van der Waals surface area contributed by atoms with Crippen LogP contribution < -0.4 is 10.2 Å². The first kappa shape index (κ1) is 17.7. The van der Waals surface area contributed by atoms with Gasteiger partial charge >= 0.3 is 5.97 Å². The average molecular weight is 346 g/mol. The second-order valence-corrected chi connectivity index (χ2v) is 6.90. The number of anilines is 2. The molecule has 2 fully saturated rings. The number of hydrogen-bond acceptors (Lipinski definition) is 5. The number of likely N-dealkylation sites (tertiary alicyclic amines) is 1. The van der Waals surface area contributed by atoms with E-state index in [1.165, 1.54) is 51.5 Å². The maximum absolute atomic E-state index is 11.6. The fraction of sp³-hybridized carbons (Fsp3) is 0.611. The lowest BCUT2D eigenvalue weighted by atomic mass is 9.99. The largest absolute Gasteiger partial charge is 0.478 e. The van der Waals surface area contributed by atoms with E-state index in [0.717, 1.165) is 25.9 Å². The van der Waals surface area contributed by atoms with Gasteiger partial charge in [0, 0.05) is 26.1 Å². The van der Waals surface area contributed by atoms with Crippen molar-refractivity contribution in [3.05, 3.63) is 17.8 Å². The molecule has 3 heterocycles. The average Bonchev–Trinajstić information content (AvgIpc) is 2.62. The Hall–Kier alpha value is -2.15. The van der Waals surface area contributed by atoms with Crippen LogP contribution in [0.1, 0.15) is 49.4 Å². The molecule has 0 unspecified atom stereocenters. The molecular formula is C18H26N4O3. The van der Waals surface area contributed by atoms with Gasteiger partial charge in [0.2, 0.25) is 5.91 Å². The van der Waals surface area contributed by atoms with Crippen LogP contribution in [-0.4, -0.2) is 59.1 Å². The van der Waals surface area contributed by atoms with E-state index in [4.69, 9.17) is 0 Å². The zero-order chi connectivity index (χ0) is 17.8. The van der Waals surface area contributed by atoms with Gasteiger partial charge in [0.1, 0.15) is 11.4 Å². The number of nitrogens with one attached hydrogen (secondary N) is 1. The maximum atomic E-state index is 11.6. The Morgan fingerprint density at radius 3 is 2.44 bits per heavy atom. The van der Waals surface area contributed by atoms with Gasteiger partial charge in [0.05, 0.1) is 11.9 Å². The fourth-order valence-corrected chi connectivity index (χ4v) is 3.86. The third-order valence-corrected chi connectivity index (χ3v) is 5.09. The molecule has 7 nitrogen and oxygen atoms in total. The molecule has 2 aliphatic heterocycles. The minimum Gasteiger partial charge on any atom is -0.478 e. The molecular weight excluding hydrogens is 320 g/mol. The molecule has 3 rings (SSSR count). The normalized spacial score (nSPS) is 19.6. The van der Waals surface area contributed by atoms with Crippen LogP contribution in [0.25, 0.3) is 0 Å². The molecule has 0 saturated carbocycles. The summed E-state index contributed by atoms with van der Waals surface area (Å²) in [4.78, 5) is 31.8. The summed E-state index contributed by atoms with van der Waals surface area (Å²) < 4.78 is 0. The van der Waals surface area contributed by atoms with Crippen molar-refractivity contribution in [2.75, 3.05) is 36.4 Å². The Balaban J connectivity index is 1.69. The molecule has 0 atom stereocenters. The van der Waals surface area contributed by atoms with Gasteiger partial charge in [-0.3, -0.25) is 4.79 Å². The molecule has 1 amide bonds. The fourth-order valence-electron chi connectivity index (χ4n) is 3.86. The van der Waals surface area contributed by atoms with Crippen LogP contribution in [0.2, 0.25) is 0 Å². The van der Waals surface area contributed by atoms with Crippen molar-refractivity contribution in [2.24, 2.45) is 0 Å². The first-order valence-electron chi connectivity index (χ1n) is 9.04. The molecule has 2 aliphatic rings. The Morgan fingerprint density at radius 1 is 1.16 bits per heavy atom. The first-order valence-corrected chi connectivity index (χ1v) is 9.04. The summed E-state index contributed by atoms with van der Waals surface area (Å²) in [5.41, 5.74) is 0.555. The number of rotatable bonds is 4. The van der Waals surface area contributed by atoms with Gasteiger partial charge in [-0.25, -0.2) is 9.78 Å². The van der Waals surface area contributed by atoms with Crippen molar-refractivity contribution in [2.45, 2.75) is 45.1 Å². The minimum atomic E-state index is -1.02. The highest BCUT2D eigenvalue weighted by Crippen LogP contribution is 2.27. The molecule has 0 radical (unpaired) electrons. The zero-order valence-electron chi connectivity index (χ0n) is 14.7. The quantitative estimate of drug-likeness (QED) is 0.869. The number of carboxylic acid groups (broad SMARTS) is 1. The molecule has 0 aromatic carbocycles. The molecule has 0 spiro atoms. The lowest BCUT2D eigenvalue weighted by molar-refractivity contribution is -0.114. The van der Waals surface area contributed by atoms with Gasteiger partial charge in [-0.05, 0) is 44.8 Å². The van der Waals surface area contributed by atoms with E-state index in [9.17, 15) is 14.7 Å². The number of amides is 1. The Bertz CT molecular complexity index is 635. The van der Waals surface area contributed by atoms with Crippen LogP contribution in [0.5, 0.6) is 0 Å². The van der Waals surface area contributed by atoms with E-state index >= 15 is 0 Å². The molecule has 1 aromatic heterocycles. The summed E-state index contributed by atoms with van der Waals surface area (Å²) in [6.45, 7) is 5.39. The number of carboxylic acids is 1. The lowest BCUT2D eigenvalue weighted by Crippen LogP contribution is -2.47. The van der Waals surface area contributed by atoms with Crippen molar-refractivity contribution in [1.29, 1.82) is 0 Å². The van der Waals surface area contributed by atoms with E-state index < -0.39 is 5.97 Å². The number of carbonyl (C=O) groups excluding carboxylic acids is 1. The summed E-state index contributed by atoms with van der Waals surface area (Å²) in [5, 5.41) is 12.1. The molecule has 136 valence electrons. The third-order valence-electron chi connectivity index (χ3n) is 5.09. The second-order valence-electron chi connectivity index (χ2n) is 6.90. The number of hydrogen-bond donors (Lipinski definition) is 2. The van der Waals surface area contributed by atoms with Crippen molar-refractivity contribution >= 4 is 23.4 Å². The second kappa shape index (κ2) is 7.82. The number of pyridine rings is 1. The molecule has 25 heavy (non-hydrogen) atoms. The predicted octanol–water partition coefficient (Wildman–Crippen LogP) is 2.19. The molecule has 0 aliphatic carbocycles. The Labute approximate surface area is 148 Å². The van der Waals surface area contributed by atoms with Gasteiger partial charge < -0.3 is 20.2 Å². The topological polar surface area (TPSA) is 85.8 Å². The van der Waals surface area contributed by atoms with Crippen LogP contribution in [0.3, 0.4) is 0 Å². The third kappa shape index (κ3) is 4.28. The number of carbonyl (C=O) groups is 2. The standard InChI is InChI=1S/C18H26N4O3/c1-13(23)20-14-11-16(18(24)25)17(19-12-14)22-9-5-15(6-10-22)21-7-3-2-4-8-21/h11-12,15H,2-10H2,1H3,(H,20,23)(H,24,25). The van der Waals surface area contributed by atoms with Crippen LogP contribution >= 0.6 is 0 Å². The monoisotopic (exact) mass is 346 g/mol. The number of piperidine rings is 2. The SMILES string of the molecule is CC(=O)Nc1cnc(N2CCC(N3CCCCC3)CC2)c(C(=O)O)c1. The first-order chi connectivity index (χ1) is 12.0. The Kier molecular flexibility index (Phi) is 5.53.